The van der Waals surface area contributed by atoms with Gasteiger partial charge in [-0.25, -0.2) is 0 Å². The van der Waals surface area contributed by atoms with Crippen LogP contribution >= 0.6 is 23.2 Å². The lowest BCUT2D eigenvalue weighted by molar-refractivity contribution is -0.139. The molecule has 0 spiro atoms. The van der Waals surface area contributed by atoms with E-state index in [0.29, 0.717) is 28.8 Å². The third kappa shape index (κ3) is 3.26. The predicted molar refractivity (Wildman–Crippen MR) is 81.3 cm³/mol. The van der Waals surface area contributed by atoms with Gasteiger partial charge in [0.15, 0.2) is 0 Å². The Balaban J connectivity index is 1.87. The number of nitrogens with one attached hydrogen (secondary N) is 1. The summed E-state index contributed by atoms with van der Waals surface area (Å²) in [5.41, 5.74) is -0.169. The lowest BCUT2D eigenvalue weighted by Gasteiger charge is -2.48. The van der Waals surface area contributed by atoms with E-state index < -0.39 is 5.60 Å². The molecule has 1 fully saturated rings. The first-order chi connectivity index (χ1) is 9.32. The summed E-state index contributed by atoms with van der Waals surface area (Å²) >= 11 is 11.9. The van der Waals surface area contributed by atoms with E-state index in [4.69, 9.17) is 23.2 Å². The van der Waals surface area contributed by atoms with Gasteiger partial charge in [0.25, 0.3) is 0 Å². The molecular formula is C14H18Cl2N2O2. The number of rotatable bonds is 4. The summed E-state index contributed by atoms with van der Waals surface area (Å²) in [4.78, 5) is 13.8. The van der Waals surface area contributed by atoms with Crippen LogP contribution in [0.25, 0.3) is 0 Å². The van der Waals surface area contributed by atoms with E-state index in [1.807, 2.05) is 18.7 Å². The first kappa shape index (κ1) is 15.6. The number of β-amino-alcohol motifs (C(OH)–C–C–N with tert-alkyl or cyclic N) is 1. The Bertz CT molecular complexity index is 514. The fourth-order valence-electron chi connectivity index (χ4n) is 2.20. The molecule has 4 nitrogen and oxygen atoms in total. The van der Waals surface area contributed by atoms with Crippen LogP contribution in [-0.2, 0) is 4.79 Å². The molecule has 1 aliphatic rings. The highest BCUT2D eigenvalue weighted by molar-refractivity contribution is 6.43. The molecule has 0 atom stereocenters. The van der Waals surface area contributed by atoms with Gasteiger partial charge >= 0.3 is 0 Å². The van der Waals surface area contributed by atoms with Gasteiger partial charge < -0.3 is 10.4 Å². The fourth-order valence-corrected chi connectivity index (χ4v) is 2.55. The molecule has 1 saturated heterocycles. The van der Waals surface area contributed by atoms with Gasteiger partial charge in [-0.3, -0.25) is 9.69 Å². The first-order valence-electron chi connectivity index (χ1n) is 6.50. The van der Waals surface area contributed by atoms with Crippen molar-refractivity contribution in [2.45, 2.75) is 19.4 Å². The number of anilines is 1. The summed E-state index contributed by atoms with van der Waals surface area (Å²) in [6, 6.07) is 5.09. The number of hydrogen-bond acceptors (Lipinski definition) is 3. The molecule has 1 aliphatic heterocycles. The van der Waals surface area contributed by atoms with Gasteiger partial charge in [-0.2, -0.15) is 0 Å². The average molecular weight is 317 g/mol. The van der Waals surface area contributed by atoms with Crippen LogP contribution in [0.3, 0.4) is 0 Å². The molecule has 1 heterocycles. The van der Waals surface area contributed by atoms with Gasteiger partial charge in [-0.15, -0.1) is 0 Å². The van der Waals surface area contributed by atoms with Gasteiger partial charge in [-0.1, -0.05) is 43.1 Å². The van der Waals surface area contributed by atoms with Gasteiger partial charge in [0, 0.05) is 13.1 Å². The van der Waals surface area contributed by atoms with Crippen molar-refractivity contribution < 1.29 is 9.90 Å². The van der Waals surface area contributed by atoms with E-state index in [-0.39, 0.29) is 18.4 Å². The van der Waals surface area contributed by atoms with E-state index in [2.05, 4.69) is 5.32 Å². The van der Waals surface area contributed by atoms with Gasteiger partial charge in [0.1, 0.15) is 0 Å². The van der Waals surface area contributed by atoms with Gasteiger partial charge in [-0.05, 0) is 18.1 Å². The minimum absolute atomic E-state index is 0.167. The molecule has 2 rings (SSSR count). The van der Waals surface area contributed by atoms with Crippen LogP contribution in [0, 0.1) is 5.92 Å². The van der Waals surface area contributed by atoms with E-state index in [1.165, 1.54) is 0 Å². The fraction of sp³-hybridized carbons (Fsp3) is 0.500. The Morgan fingerprint density at radius 2 is 2.10 bits per heavy atom. The van der Waals surface area contributed by atoms with Crippen LogP contribution in [-0.4, -0.2) is 41.1 Å². The number of carbonyl (C=O) groups excluding carboxylic acids is 1. The Labute approximate surface area is 128 Å². The van der Waals surface area contributed by atoms with Crippen molar-refractivity contribution in [3.63, 3.8) is 0 Å². The number of halogens is 2. The molecule has 20 heavy (non-hydrogen) atoms. The van der Waals surface area contributed by atoms with Gasteiger partial charge in [0.2, 0.25) is 5.91 Å². The monoisotopic (exact) mass is 316 g/mol. The Morgan fingerprint density at radius 3 is 2.70 bits per heavy atom. The minimum atomic E-state index is -0.673. The SMILES string of the molecule is CC(C)C1(O)CN(CC(=O)Nc2cccc(Cl)c2Cl)C1. The average Bonchev–Trinajstić information content (AvgIpc) is 2.32. The lowest BCUT2D eigenvalue weighted by Crippen LogP contribution is -2.65. The van der Waals surface area contributed by atoms with Crippen LogP contribution in [0.4, 0.5) is 5.69 Å². The third-order valence-corrected chi connectivity index (χ3v) is 4.48. The zero-order valence-corrected chi connectivity index (χ0v) is 13.0. The largest absolute Gasteiger partial charge is 0.387 e. The molecule has 0 unspecified atom stereocenters. The summed E-state index contributed by atoms with van der Waals surface area (Å²) in [6.07, 6.45) is 0. The van der Waals surface area contributed by atoms with Crippen molar-refractivity contribution in [1.29, 1.82) is 0 Å². The first-order valence-corrected chi connectivity index (χ1v) is 7.26. The number of carbonyl (C=O) groups is 1. The maximum Gasteiger partial charge on any atom is 0.238 e. The van der Waals surface area contributed by atoms with E-state index in [9.17, 15) is 9.90 Å². The quantitative estimate of drug-likeness (QED) is 0.897. The summed E-state index contributed by atoms with van der Waals surface area (Å²) in [5.74, 6) is 0.0177. The van der Waals surface area contributed by atoms with E-state index in [1.54, 1.807) is 18.2 Å². The van der Waals surface area contributed by atoms with Crippen molar-refractivity contribution >= 4 is 34.8 Å². The minimum Gasteiger partial charge on any atom is -0.387 e. The second kappa shape index (κ2) is 5.90. The normalized spacial score (nSPS) is 17.9. The molecular weight excluding hydrogens is 299 g/mol. The summed E-state index contributed by atoms with van der Waals surface area (Å²) in [6.45, 7) is 5.22. The molecule has 0 saturated carbocycles. The molecule has 0 radical (unpaired) electrons. The number of nitrogens with zero attached hydrogens (tertiary/aromatic N) is 1. The highest BCUT2D eigenvalue weighted by Crippen LogP contribution is 2.30. The van der Waals surface area contributed by atoms with E-state index >= 15 is 0 Å². The van der Waals surface area contributed by atoms with Crippen LogP contribution in [0.15, 0.2) is 18.2 Å². The molecule has 1 aromatic rings. The van der Waals surface area contributed by atoms with Crippen LogP contribution in [0.1, 0.15) is 13.8 Å². The molecule has 0 aromatic heterocycles. The standard InChI is InChI=1S/C14H18Cl2N2O2/c1-9(2)14(20)7-18(8-14)6-12(19)17-11-5-3-4-10(15)13(11)16/h3-5,9,20H,6-8H2,1-2H3,(H,17,19). The van der Waals surface area contributed by atoms with Crippen LogP contribution in [0.5, 0.6) is 0 Å². The lowest BCUT2D eigenvalue weighted by atomic mass is 9.83. The molecule has 1 aromatic carbocycles. The zero-order chi connectivity index (χ0) is 14.9. The molecule has 6 heteroatoms. The molecule has 0 bridgehead atoms. The smallest absolute Gasteiger partial charge is 0.238 e. The Kier molecular flexibility index (Phi) is 4.59. The number of aliphatic hydroxyl groups is 1. The zero-order valence-electron chi connectivity index (χ0n) is 11.5. The highest BCUT2D eigenvalue weighted by atomic mass is 35.5. The predicted octanol–water partition coefficient (Wildman–Crippen LogP) is 2.63. The van der Waals surface area contributed by atoms with E-state index in [0.717, 1.165) is 0 Å². The molecule has 2 N–H and O–H groups in total. The third-order valence-electron chi connectivity index (χ3n) is 3.66. The molecule has 0 aliphatic carbocycles. The van der Waals surface area contributed by atoms with Crippen molar-refractivity contribution in [2.24, 2.45) is 5.92 Å². The second-order valence-corrected chi connectivity index (χ2v) is 6.34. The van der Waals surface area contributed by atoms with Crippen molar-refractivity contribution in [3.05, 3.63) is 28.2 Å². The summed E-state index contributed by atoms with van der Waals surface area (Å²) in [7, 11) is 0. The maximum absolute atomic E-state index is 11.9. The summed E-state index contributed by atoms with van der Waals surface area (Å²) < 4.78 is 0. The second-order valence-electron chi connectivity index (χ2n) is 5.55. The number of benzene rings is 1. The molecule has 110 valence electrons. The summed E-state index contributed by atoms with van der Waals surface area (Å²) in [5, 5.41) is 13.6. The number of likely N-dealkylation sites (tertiary alicyclic amines) is 1. The van der Waals surface area contributed by atoms with Crippen molar-refractivity contribution in [1.82, 2.24) is 4.90 Å². The molecule has 1 amide bonds. The Morgan fingerprint density at radius 1 is 1.45 bits per heavy atom. The van der Waals surface area contributed by atoms with Crippen molar-refractivity contribution in [3.8, 4) is 0 Å². The van der Waals surface area contributed by atoms with Crippen LogP contribution in [0.2, 0.25) is 10.0 Å². The number of hydrogen-bond donors (Lipinski definition) is 2. The highest BCUT2D eigenvalue weighted by Gasteiger charge is 2.43. The van der Waals surface area contributed by atoms with Gasteiger partial charge in [0.05, 0.1) is 27.9 Å². The Hall–Kier alpha value is -0.810. The van der Waals surface area contributed by atoms with Crippen LogP contribution < -0.4 is 5.32 Å². The number of amides is 1. The maximum atomic E-state index is 11.9. The topological polar surface area (TPSA) is 52.6 Å². The van der Waals surface area contributed by atoms with Crippen molar-refractivity contribution in [2.75, 3.05) is 25.0 Å².